The average Bonchev–Trinajstić information content (AvgIpc) is 2.79. The van der Waals surface area contributed by atoms with Gasteiger partial charge in [0.25, 0.3) is 0 Å². The van der Waals surface area contributed by atoms with Gasteiger partial charge in [0.15, 0.2) is 0 Å². The highest BCUT2D eigenvalue weighted by molar-refractivity contribution is 7.99. The topological polar surface area (TPSA) is 62.8 Å². The van der Waals surface area contributed by atoms with E-state index < -0.39 is 0 Å². The number of amidine groups is 1. The predicted molar refractivity (Wildman–Crippen MR) is 67.9 cm³/mol. The van der Waals surface area contributed by atoms with Gasteiger partial charge in [-0.3, -0.25) is 10.4 Å². The van der Waals surface area contributed by atoms with Gasteiger partial charge in [0.2, 0.25) is 0 Å². The van der Waals surface area contributed by atoms with Crippen LogP contribution in [-0.2, 0) is 0 Å². The van der Waals surface area contributed by atoms with Crippen molar-refractivity contribution < 1.29 is 0 Å². The Labute approximate surface area is 100 Å². The van der Waals surface area contributed by atoms with Crippen LogP contribution in [0.1, 0.15) is 31.4 Å². The van der Waals surface area contributed by atoms with Crippen LogP contribution >= 0.6 is 11.8 Å². The van der Waals surface area contributed by atoms with Gasteiger partial charge in [-0.05, 0) is 30.9 Å². The molecule has 16 heavy (non-hydrogen) atoms. The van der Waals surface area contributed by atoms with Gasteiger partial charge in [-0.2, -0.15) is 0 Å². The Bertz CT molecular complexity index is 372. The first-order valence-electron chi connectivity index (χ1n) is 5.69. The maximum Gasteiger partial charge on any atom is 0.142 e. The van der Waals surface area contributed by atoms with Crippen LogP contribution in [0.2, 0.25) is 0 Å². The zero-order chi connectivity index (χ0) is 11.4. The van der Waals surface area contributed by atoms with Crippen molar-refractivity contribution in [3.05, 3.63) is 24.0 Å². The van der Waals surface area contributed by atoms with E-state index >= 15 is 0 Å². The molecular formula is C12H17N3S. The molecule has 1 heterocycles. The van der Waals surface area contributed by atoms with Crippen molar-refractivity contribution in [1.29, 1.82) is 5.41 Å². The molecule has 1 aromatic rings. The van der Waals surface area contributed by atoms with E-state index in [1.165, 1.54) is 25.7 Å². The monoisotopic (exact) mass is 235 g/mol. The number of hydrogen-bond acceptors (Lipinski definition) is 3. The van der Waals surface area contributed by atoms with E-state index in [0.29, 0.717) is 5.69 Å². The number of pyridine rings is 1. The first-order valence-corrected chi connectivity index (χ1v) is 6.68. The third-order valence-electron chi connectivity index (χ3n) is 2.98. The van der Waals surface area contributed by atoms with Crippen LogP contribution in [-0.4, -0.2) is 16.6 Å². The van der Waals surface area contributed by atoms with Crippen LogP contribution in [0.15, 0.2) is 23.2 Å². The second-order valence-electron chi connectivity index (χ2n) is 4.23. The molecule has 1 aromatic heterocycles. The summed E-state index contributed by atoms with van der Waals surface area (Å²) in [7, 11) is 0. The highest BCUT2D eigenvalue weighted by Crippen LogP contribution is 2.31. The van der Waals surface area contributed by atoms with Gasteiger partial charge < -0.3 is 5.73 Å². The van der Waals surface area contributed by atoms with E-state index in [1.807, 2.05) is 12.1 Å². The van der Waals surface area contributed by atoms with E-state index in [9.17, 15) is 0 Å². The van der Waals surface area contributed by atoms with Gasteiger partial charge in [-0.25, -0.2) is 0 Å². The van der Waals surface area contributed by atoms with Gasteiger partial charge in [0.05, 0.1) is 0 Å². The quantitative estimate of drug-likeness (QED) is 0.479. The van der Waals surface area contributed by atoms with Gasteiger partial charge in [0.1, 0.15) is 11.5 Å². The molecule has 0 radical (unpaired) electrons. The fraction of sp³-hybridized carbons (Fsp3) is 0.500. The van der Waals surface area contributed by atoms with Gasteiger partial charge in [-0.15, -0.1) is 11.8 Å². The molecule has 4 heteroatoms. The lowest BCUT2D eigenvalue weighted by atomic mass is 10.1. The zero-order valence-corrected chi connectivity index (χ0v) is 10.1. The molecule has 1 saturated carbocycles. The number of rotatable bonds is 4. The van der Waals surface area contributed by atoms with Crippen LogP contribution < -0.4 is 5.73 Å². The smallest absolute Gasteiger partial charge is 0.142 e. The summed E-state index contributed by atoms with van der Waals surface area (Å²) in [6.07, 6.45) is 7.14. The Morgan fingerprint density at radius 1 is 1.50 bits per heavy atom. The summed E-state index contributed by atoms with van der Waals surface area (Å²) < 4.78 is 0. The summed E-state index contributed by atoms with van der Waals surface area (Å²) in [4.78, 5) is 5.20. The maximum absolute atomic E-state index is 7.47. The maximum atomic E-state index is 7.47. The summed E-state index contributed by atoms with van der Waals surface area (Å²) >= 11 is 1.79. The number of nitrogens with one attached hydrogen (secondary N) is 1. The van der Waals surface area contributed by atoms with E-state index in [-0.39, 0.29) is 5.84 Å². The Balaban J connectivity index is 2.00. The molecule has 0 saturated heterocycles. The van der Waals surface area contributed by atoms with Crippen LogP contribution in [0.5, 0.6) is 0 Å². The van der Waals surface area contributed by atoms with E-state index in [2.05, 4.69) is 4.98 Å². The predicted octanol–water partition coefficient (Wildman–Crippen LogP) is 2.65. The summed E-state index contributed by atoms with van der Waals surface area (Å²) in [6, 6.07) is 3.91. The molecule has 0 amide bonds. The van der Waals surface area contributed by atoms with Gasteiger partial charge in [0, 0.05) is 16.8 Å². The molecule has 0 aromatic carbocycles. The van der Waals surface area contributed by atoms with Crippen LogP contribution in [0.3, 0.4) is 0 Å². The lowest BCUT2D eigenvalue weighted by Crippen LogP contribution is -2.14. The molecule has 1 fully saturated rings. The average molecular weight is 235 g/mol. The second kappa shape index (κ2) is 5.34. The Morgan fingerprint density at radius 2 is 2.25 bits per heavy atom. The summed E-state index contributed by atoms with van der Waals surface area (Å²) in [6.45, 7) is 0. The first-order chi connectivity index (χ1) is 7.77. The molecule has 0 atom stereocenters. The molecular weight excluding hydrogens is 218 g/mol. The Hall–Kier alpha value is -1.03. The fourth-order valence-electron chi connectivity index (χ4n) is 2.09. The number of nitrogen functional groups attached to an aromatic ring is 1. The molecule has 2 rings (SSSR count). The number of nitrogens with zero attached hydrogens (tertiary/aromatic N) is 1. The summed E-state index contributed by atoms with van der Waals surface area (Å²) in [5, 5.41) is 7.47. The van der Waals surface area contributed by atoms with Crippen LogP contribution in [0.4, 0.5) is 0 Å². The SMILES string of the molecule is N=C(N)c1ncccc1SCC1CCCC1. The molecule has 0 unspecified atom stereocenters. The van der Waals surface area contributed by atoms with E-state index in [4.69, 9.17) is 11.1 Å². The number of aromatic nitrogens is 1. The molecule has 3 nitrogen and oxygen atoms in total. The van der Waals surface area contributed by atoms with Crippen molar-refractivity contribution >= 4 is 17.6 Å². The summed E-state index contributed by atoms with van der Waals surface area (Å²) in [5.41, 5.74) is 6.14. The van der Waals surface area contributed by atoms with Crippen molar-refractivity contribution in [2.24, 2.45) is 11.7 Å². The number of thioether (sulfide) groups is 1. The minimum absolute atomic E-state index is 0.0644. The minimum Gasteiger partial charge on any atom is -0.382 e. The fourth-order valence-corrected chi connectivity index (χ4v) is 3.32. The molecule has 1 aliphatic rings. The van der Waals surface area contributed by atoms with E-state index in [0.717, 1.165) is 16.6 Å². The van der Waals surface area contributed by atoms with Crippen molar-refractivity contribution in [3.8, 4) is 0 Å². The number of nitrogens with two attached hydrogens (primary N) is 1. The van der Waals surface area contributed by atoms with Crippen molar-refractivity contribution in [2.45, 2.75) is 30.6 Å². The highest BCUT2D eigenvalue weighted by atomic mass is 32.2. The van der Waals surface area contributed by atoms with Crippen LogP contribution in [0.25, 0.3) is 0 Å². The zero-order valence-electron chi connectivity index (χ0n) is 9.28. The molecule has 3 N–H and O–H groups in total. The van der Waals surface area contributed by atoms with Crippen molar-refractivity contribution in [3.63, 3.8) is 0 Å². The molecule has 0 spiro atoms. The highest BCUT2D eigenvalue weighted by Gasteiger charge is 2.16. The largest absolute Gasteiger partial charge is 0.382 e. The molecule has 0 aliphatic heterocycles. The van der Waals surface area contributed by atoms with Gasteiger partial charge in [-0.1, -0.05) is 12.8 Å². The lowest BCUT2D eigenvalue weighted by molar-refractivity contribution is 0.623. The van der Waals surface area contributed by atoms with Crippen LogP contribution in [0, 0.1) is 11.3 Å². The summed E-state index contributed by atoms with van der Waals surface area (Å²) in [5.74, 6) is 2.03. The van der Waals surface area contributed by atoms with Gasteiger partial charge >= 0.3 is 0 Å². The normalized spacial score (nSPS) is 16.5. The molecule has 1 aliphatic carbocycles. The van der Waals surface area contributed by atoms with E-state index in [1.54, 1.807) is 18.0 Å². The minimum atomic E-state index is 0.0644. The third-order valence-corrected chi connectivity index (χ3v) is 4.25. The number of hydrogen-bond donors (Lipinski definition) is 2. The first kappa shape index (κ1) is 11.5. The third kappa shape index (κ3) is 2.76. The van der Waals surface area contributed by atoms with Crippen molar-refractivity contribution in [2.75, 3.05) is 5.75 Å². The molecule has 0 bridgehead atoms. The van der Waals surface area contributed by atoms with Crippen molar-refractivity contribution in [1.82, 2.24) is 4.98 Å². The molecule has 86 valence electrons. The lowest BCUT2D eigenvalue weighted by Gasteiger charge is -2.10. The second-order valence-corrected chi connectivity index (χ2v) is 5.29. The Kier molecular flexibility index (Phi) is 3.83. The Morgan fingerprint density at radius 3 is 2.94 bits per heavy atom. The standard InChI is InChI=1S/C12H17N3S/c13-12(14)11-10(6-3-7-15-11)16-8-9-4-1-2-5-9/h3,6-7,9H,1-2,4-5,8H2,(H3,13,14).